The molecule has 5 nitrogen and oxygen atoms in total. The number of hydrogen-bond acceptors (Lipinski definition) is 4. The van der Waals surface area contributed by atoms with Crippen molar-refractivity contribution in [2.45, 2.75) is 13.5 Å². The summed E-state index contributed by atoms with van der Waals surface area (Å²) in [5.74, 6) is -0.110. The van der Waals surface area contributed by atoms with Crippen LogP contribution in [0.15, 0.2) is 41.3 Å². The molecule has 2 rings (SSSR count). The summed E-state index contributed by atoms with van der Waals surface area (Å²) in [6.07, 6.45) is 1.25. The van der Waals surface area contributed by atoms with Crippen molar-refractivity contribution in [1.82, 2.24) is 9.55 Å². The van der Waals surface area contributed by atoms with Crippen molar-refractivity contribution in [3.8, 4) is 0 Å². The van der Waals surface area contributed by atoms with Crippen LogP contribution in [0.1, 0.15) is 21.7 Å². The lowest BCUT2D eigenvalue weighted by atomic mass is 10.2. The minimum Gasteiger partial charge on any atom is -0.465 e. The van der Waals surface area contributed by atoms with Crippen molar-refractivity contribution >= 4 is 5.97 Å². The summed E-state index contributed by atoms with van der Waals surface area (Å²) in [6, 6.07) is 9.52. The summed E-state index contributed by atoms with van der Waals surface area (Å²) < 4.78 is 6.03. The topological polar surface area (TPSA) is 61.2 Å². The smallest absolute Gasteiger partial charge is 0.345 e. The lowest BCUT2D eigenvalue weighted by Crippen LogP contribution is -2.29. The molecule has 0 atom stereocenters. The second kappa shape index (κ2) is 5.48. The Hall–Kier alpha value is -2.43. The Labute approximate surface area is 110 Å². The first-order valence-corrected chi connectivity index (χ1v) is 5.82. The van der Waals surface area contributed by atoms with Gasteiger partial charge in [-0.15, -0.1) is 0 Å². The molecule has 0 N–H and O–H groups in total. The minimum atomic E-state index is -0.667. The van der Waals surface area contributed by atoms with Crippen LogP contribution in [0.3, 0.4) is 0 Å². The van der Waals surface area contributed by atoms with E-state index in [1.54, 1.807) is 6.92 Å². The molecular weight excluding hydrogens is 244 g/mol. The van der Waals surface area contributed by atoms with Crippen molar-refractivity contribution in [1.29, 1.82) is 0 Å². The fraction of sp³-hybridized carbons (Fsp3) is 0.214. The van der Waals surface area contributed by atoms with Crippen molar-refractivity contribution in [3.05, 3.63) is 63.8 Å². The Kier molecular flexibility index (Phi) is 3.75. The molecule has 0 amide bonds. The lowest BCUT2D eigenvalue weighted by molar-refractivity contribution is 0.0597. The molecule has 0 saturated heterocycles. The van der Waals surface area contributed by atoms with Gasteiger partial charge < -0.3 is 4.74 Å². The number of rotatable bonds is 3. The van der Waals surface area contributed by atoms with Gasteiger partial charge in [0.1, 0.15) is 11.4 Å². The molecule has 98 valence electrons. The summed E-state index contributed by atoms with van der Waals surface area (Å²) in [5, 5.41) is 0. The molecule has 0 radical (unpaired) electrons. The molecule has 2 aromatic rings. The highest BCUT2D eigenvalue weighted by Gasteiger charge is 2.15. The molecule has 19 heavy (non-hydrogen) atoms. The number of carbonyl (C=O) groups is 1. The number of benzene rings is 1. The number of ether oxygens (including phenoxy) is 1. The number of esters is 1. The first-order valence-electron chi connectivity index (χ1n) is 5.82. The Bertz CT molecular complexity index is 647. The zero-order valence-corrected chi connectivity index (χ0v) is 10.8. The highest BCUT2D eigenvalue weighted by molar-refractivity contribution is 5.88. The fourth-order valence-corrected chi connectivity index (χ4v) is 1.78. The van der Waals surface area contributed by atoms with E-state index < -0.39 is 5.97 Å². The first-order chi connectivity index (χ1) is 9.13. The molecule has 5 heteroatoms. The van der Waals surface area contributed by atoms with Crippen LogP contribution in [0.4, 0.5) is 0 Å². The van der Waals surface area contributed by atoms with Crippen molar-refractivity contribution < 1.29 is 9.53 Å². The van der Waals surface area contributed by atoms with Gasteiger partial charge in [0.15, 0.2) is 0 Å². The summed E-state index contributed by atoms with van der Waals surface area (Å²) in [5.41, 5.74) is 0.531. The zero-order chi connectivity index (χ0) is 13.8. The number of methoxy groups -OCH3 is 1. The number of nitrogens with zero attached hydrogens (tertiary/aromatic N) is 2. The quantitative estimate of drug-likeness (QED) is 0.780. The molecule has 0 spiro atoms. The minimum absolute atomic E-state index is 0.0518. The fourth-order valence-electron chi connectivity index (χ4n) is 1.78. The standard InChI is InChI=1S/C14H14N2O3/c1-10-15-8-12(14(18)19-2)13(17)16(10)9-11-6-4-3-5-7-11/h3-8H,9H2,1-2H3. The second-order valence-electron chi connectivity index (χ2n) is 4.09. The predicted molar refractivity (Wildman–Crippen MR) is 70.1 cm³/mol. The van der Waals surface area contributed by atoms with E-state index in [0.29, 0.717) is 12.4 Å². The van der Waals surface area contributed by atoms with Crippen LogP contribution in [0.5, 0.6) is 0 Å². The molecule has 0 fully saturated rings. The second-order valence-corrected chi connectivity index (χ2v) is 4.09. The van der Waals surface area contributed by atoms with Crippen LogP contribution >= 0.6 is 0 Å². The normalized spacial score (nSPS) is 10.2. The molecule has 0 bridgehead atoms. The Morgan fingerprint density at radius 3 is 2.63 bits per heavy atom. The molecule has 0 unspecified atom stereocenters. The maximum atomic E-state index is 12.2. The lowest BCUT2D eigenvalue weighted by Gasteiger charge is -2.10. The van der Waals surface area contributed by atoms with E-state index in [0.717, 1.165) is 5.56 Å². The van der Waals surface area contributed by atoms with E-state index >= 15 is 0 Å². The zero-order valence-electron chi connectivity index (χ0n) is 10.8. The van der Waals surface area contributed by atoms with Gasteiger partial charge in [-0.3, -0.25) is 9.36 Å². The van der Waals surface area contributed by atoms with Crippen molar-refractivity contribution in [2.24, 2.45) is 0 Å². The number of aromatic nitrogens is 2. The average Bonchev–Trinajstić information content (AvgIpc) is 2.44. The van der Waals surface area contributed by atoms with Crippen LogP contribution < -0.4 is 5.56 Å². The maximum Gasteiger partial charge on any atom is 0.345 e. The SMILES string of the molecule is COC(=O)c1cnc(C)n(Cc2ccccc2)c1=O. The summed E-state index contributed by atoms with van der Waals surface area (Å²) >= 11 is 0. The van der Waals surface area contributed by atoms with Gasteiger partial charge in [-0.2, -0.15) is 0 Å². The van der Waals surface area contributed by atoms with E-state index in [1.165, 1.54) is 17.9 Å². The van der Waals surface area contributed by atoms with Crippen LogP contribution in [-0.2, 0) is 11.3 Å². The molecular formula is C14H14N2O3. The van der Waals surface area contributed by atoms with Crippen LogP contribution in [0.2, 0.25) is 0 Å². The molecule has 0 aliphatic heterocycles. The molecule has 0 aliphatic carbocycles. The average molecular weight is 258 g/mol. The Morgan fingerprint density at radius 2 is 2.00 bits per heavy atom. The third-order valence-electron chi connectivity index (χ3n) is 2.84. The first kappa shape index (κ1) is 13.0. The van der Waals surface area contributed by atoms with Gasteiger partial charge in [-0.05, 0) is 12.5 Å². The molecule has 0 saturated carbocycles. The molecule has 1 heterocycles. The highest BCUT2D eigenvalue weighted by atomic mass is 16.5. The van der Waals surface area contributed by atoms with Crippen molar-refractivity contribution in [2.75, 3.05) is 7.11 Å². The third-order valence-corrected chi connectivity index (χ3v) is 2.84. The number of hydrogen-bond donors (Lipinski definition) is 0. The summed E-state index contributed by atoms with van der Waals surface area (Å²) in [4.78, 5) is 27.8. The Morgan fingerprint density at radius 1 is 1.32 bits per heavy atom. The van der Waals surface area contributed by atoms with Crippen LogP contribution in [0.25, 0.3) is 0 Å². The van der Waals surface area contributed by atoms with E-state index in [9.17, 15) is 9.59 Å². The highest BCUT2D eigenvalue weighted by Crippen LogP contribution is 2.03. The van der Waals surface area contributed by atoms with Gasteiger partial charge in [-0.25, -0.2) is 9.78 Å². The monoisotopic (exact) mass is 258 g/mol. The van der Waals surface area contributed by atoms with Gasteiger partial charge >= 0.3 is 5.97 Å². The third kappa shape index (κ3) is 2.70. The predicted octanol–water partition coefficient (Wildman–Crippen LogP) is 1.39. The number of carbonyl (C=O) groups excluding carboxylic acids is 1. The summed E-state index contributed by atoms with van der Waals surface area (Å²) in [6.45, 7) is 2.11. The van der Waals surface area contributed by atoms with Gasteiger partial charge in [0.05, 0.1) is 13.7 Å². The van der Waals surface area contributed by atoms with Gasteiger partial charge in [0.25, 0.3) is 5.56 Å². The molecule has 0 aliphatic rings. The van der Waals surface area contributed by atoms with Crippen molar-refractivity contribution in [3.63, 3.8) is 0 Å². The van der Waals surface area contributed by atoms with E-state index in [-0.39, 0.29) is 11.1 Å². The van der Waals surface area contributed by atoms with E-state index in [1.807, 2.05) is 30.3 Å². The molecule has 1 aromatic heterocycles. The van der Waals surface area contributed by atoms with E-state index in [2.05, 4.69) is 9.72 Å². The van der Waals surface area contributed by atoms with Gasteiger partial charge in [-0.1, -0.05) is 30.3 Å². The van der Waals surface area contributed by atoms with Gasteiger partial charge in [0.2, 0.25) is 0 Å². The summed E-state index contributed by atoms with van der Waals surface area (Å²) in [7, 11) is 1.24. The van der Waals surface area contributed by atoms with Crippen LogP contribution in [0, 0.1) is 6.92 Å². The molecule has 1 aromatic carbocycles. The Balaban J connectivity index is 2.45. The van der Waals surface area contributed by atoms with Crippen LogP contribution in [-0.4, -0.2) is 22.6 Å². The largest absolute Gasteiger partial charge is 0.465 e. The van der Waals surface area contributed by atoms with E-state index in [4.69, 9.17) is 0 Å². The maximum absolute atomic E-state index is 12.2. The number of aryl methyl sites for hydroxylation is 1. The van der Waals surface area contributed by atoms with Gasteiger partial charge in [0, 0.05) is 6.20 Å².